The van der Waals surface area contributed by atoms with Crippen molar-refractivity contribution in [1.29, 1.82) is 0 Å². The lowest BCUT2D eigenvalue weighted by molar-refractivity contribution is 0.102. The second-order valence-corrected chi connectivity index (χ2v) is 7.75. The van der Waals surface area contributed by atoms with Crippen LogP contribution in [0.4, 0.5) is 5.13 Å². The highest BCUT2D eigenvalue weighted by atomic mass is 35.5. The zero-order valence-electron chi connectivity index (χ0n) is 12.8. The minimum Gasteiger partial charge on any atom is -0.296 e. The molecular weight excluding hydrogens is 362 g/mol. The number of carbonyl (C=O) groups is 1. The van der Waals surface area contributed by atoms with Crippen molar-refractivity contribution < 1.29 is 4.79 Å². The van der Waals surface area contributed by atoms with E-state index in [2.05, 4.69) is 40.6 Å². The Hall–Kier alpha value is -1.89. The van der Waals surface area contributed by atoms with Gasteiger partial charge in [-0.2, -0.15) is 0 Å². The number of carbonyl (C=O) groups excluding carboxylic acids is 1. The minimum absolute atomic E-state index is 0.224. The number of halogens is 1. The van der Waals surface area contributed by atoms with Gasteiger partial charge >= 0.3 is 0 Å². The van der Waals surface area contributed by atoms with Crippen molar-refractivity contribution in [1.82, 2.24) is 10.2 Å². The van der Waals surface area contributed by atoms with Gasteiger partial charge in [0.1, 0.15) is 0 Å². The highest BCUT2D eigenvalue weighted by molar-refractivity contribution is 8.00. The summed E-state index contributed by atoms with van der Waals surface area (Å²) in [5.74, 6) is 0.597. The Balaban J connectivity index is 1.59. The van der Waals surface area contributed by atoms with E-state index in [0.29, 0.717) is 15.7 Å². The van der Waals surface area contributed by atoms with E-state index >= 15 is 0 Å². The van der Waals surface area contributed by atoms with E-state index in [0.717, 1.165) is 10.1 Å². The lowest BCUT2D eigenvalue weighted by atomic mass is 10.2. The normalized spacial score (nSPS) is 10.6. The molecule has 0 saturated heterocycles. The number of nitrogens with zero attached hydrogens (tertiary/aromatic N) is 2. The maximum atomic E-state index is 12.1. The van der Waals surface area contributed by atoms with E-state index in [1.54, 1.807) is 36.0 Å². The fraction of sp³-hybridized carbons (Fsp3) is 0.118. The monoisotopic (exact) mass is 375 g/mol. The number of thioether (sulfide) groups is 1. The van der Waals surface area contributed by atoms with Gasteiger partial charge in [0.05, 0.1) is 0 Å². The summed E-state index contributed by atoms with van der Waals surface area (Å²) in [7, 11) is 0. The molecule has 4 nitrogen and oxygen atoms in total. The van der Waals surface area contributed by atoms with Crippen molar-refractivity contribution in [2.45, 2.75) is 17.0 Å². The molecule has 0 fully saturated rings. The Bertz CT molecular complexity index is 849. The Morgan fingerprint density at radius 1 is 1.21 bits per heavy atom. The first kappa shape index (κ1) is 17.0. The molecule has 0 aliphatic carbocycles. The molecule has 2 aromatic carbocycles. The third kappa shape index (κ3) is 4.56. The van der Waals surface area contributed by atoms with Crippen LogP contribution in [0.25, 0.3) is 0 Å². The van der Waals surface area contributed by atoms with Gasteiger partial charge < -0.3 is 0 Å². The largest absolute Gasteiger partial charge is 0.296 e. The van der Waals surface area contributed by atoms with E-state index in [4.69, 9.17) is 11.6 Å². The Morgan fingerprint density at radius 3 is 2.75 bits per heavy atom. The Morgan fingerprint density at radius 2 is 2.00 bits per heavy atom. The summed E-state index contributed by atoms with van der Waals surface area (Å²) in [4.78, 5) is 12.1. The van der Waals surface area contributed by atoms with Crippen LogP contribution in [0.2, 0.25) is 5.02 Å². The first-order chi connectivity index (χ1) is 11.6. The van der Waals surface area contributed by atoms with Gasteiger partial charge in [-0.15, -0.1) is 10.2 Å². The predicted molar refractivity (Wildman–Crippen MR) is 100 cm³/mol. The molecular formula is C17H14ClN3OS2. The van der Waals surface area contributed by atoms with Gasteiger partial charge in [0.2, 0.25) is 5.13 Å². The fourth-order valence-corrected chi connectivity index (χ4v) is 3.85. The van der Waals surface area contributed by atoms with Crippen molar-refractivity contribution in [2.24, 2.45) is 0 Å². The molecule has 1 heterocycles. The number of benzene rings is 2. The number of hydrogen-bond acceptors (Lipinski definition) is 5. The summed E-state index contributed by atoms with van der Waals surface area (Å²) >= 11 is 8.79. The van der Waals surface area contributed by atoms with Crippen LogP contribution in [0.5, 0.6) is 0 Å². The van der Waals surface area contributed by atoms with Crippen LogP contribution in [-0.2, 0) is 5.75 Å². The highest BCUT2D eigenvalue weighted by Crippen LogP contribution is 2.28. The lowest BCUT2D eigenvalue weighted by Crippen LogP contribution is -2.11. The number of nitrogens with one attached hydrogen (secondary N) is 1. The van der Waals surface area contributed by atoms with Crippen molar-refractivity contribution in [3.8, 4) is 0 Å². The Kier molecular flexibility index (Phi) is 5.50. The van der Waals surface area contributed by atoms with Crippen molar-refractivity contribution in [3.63, 3.8) is 0 Å². The number of amides is 1. The molecule has 24 heavy (non-hydrogen) atoms. The summed E-state index contributed by atoms with van der Waals surface area (Å²) in [5.41, 5.74) is 3.01. The van der Waals surface area contributed by atoms with Gasteiger partial charge in [-0.05, 0) is 36.8 Å². The van der Waals surface area contributed by atoms with Crippen molar-refractivity contribution >= 4 is 45.7 Å². The summed E-state index contributed by atoms with van der Waals surface area (Å²) in [6, 6.07) is 15.1. The molecule has 0 aliphatic heterocycles. The Labute approximate surface area is 153 Å². The van der Waals surface area contributed by atoms with Crippen LogP contribution >= 0.6 is 34.7 Å². The van der Waals surface area contributed by atoms with Gasteiger partial charge in [0, 0.05) is 16.3 Å². The number of aromatic nitrogens is 2. The average molecular weight is 376 g/mol. The molecule has 7 heteroatoms. The van der Waals surface area contributed by atoms with E-state index < -0.39 is 0 Å². The highest BCUT2D eigenvalue weighted by Gasteiger charge is 2.10. The van der Waals surface area contributed by atoms with Crippen LogP contribution in [-0.4, -0.2) is 16.1 Å². The molecule has 0 bridgehead atoms. The maximum Gasteiger partial charge on any atom is 0.257 e. The number of aryl methyl sites for hydroxylation is 1. The van der Waals surface area contributed by atoms with Gasteiger partial charge in [0.25, 0.3) is 5.91 Å². The maximum absolute atomic E-state index is 12.1. The topological polar surface area (TPSA) is 54.9 Å². The molecule has 1 aromatic heterocycles. The molecule has 3 aromatic rings. The molecule has 1 N–H and O–H groups in total. The molecule has 0 saturated carbocycles. The van der Waals surface area contributed by atoms with Crippen molar-refractivity contribution in [3.05, 3.63) is 70.2 Å². The van der Waals surface area contributed by atoms with E-state index in [9.17, 15) is 4.79 Å². The minimum atomic E-state index is -0.224. The number of rotatable bonds is 5. The van der Waals surface area contributed by atoms with Gasteiger partial charge in [-0.1, -0.05) is 64.5 Å². The smallest absolute Gasteiger partial charge is 0.257 e. The summed E-state index contributed by atoms with van der Waals surface area (Å²) in [5, 5.41) is 12.0. The quantitative estimate of drug-likeness (QED) is 0.501. The van der Waals surface area contributed by atoms with Crippen LogP contribution in [0, 0.1) is 6.92 Å². The molecule has 0 unspecified atom stereocenters. The number of hydrogen-bond donors (Lipinski definition) is 1. The van der Waals surface area contributed by atoms with Crippen LogP contribution < -0.4 is 5.32 Å². The molecule has 3 rings (SSSR count). The van der Waals surface area contributed by atoms with Crippen LogP contribution in [0.3, 0.4) is 0 Å². The third-order valence-corrected chi connectivity index (χ3v) is 5.47. The second kappa shape index (κ2) is 7.79. The first-order valence-electron chi connectivity index (χ1n) is 7.19. The van der Waals surface area contributed by atoms with Crippen LogP contribution in [0.15, 0.2) is 52.9 Å². The first-order valence-corrected chi connectivity index (χ1v) is 9.37. The van der Waals surface area contributed by atoms with E-state index in [1.807, 2.05) is 6.07 Å². The molecule has 122 valence electrons. The SMILES string of the molecule is Cc1cccc(CSc2nnc(NC(=O)c3ccc(Cl)cc3)s2)c1. The third-order valence-electron chi connectivity index (χ3n) is 3.18. The van der Waals surface area contributed by atoms with Crippen LogP contribution in [0.1, 0.15) is 21.5 Å². The standard InChI is InChI=1S/C17H14ClN3OS2/c1-11-3-2-4-12(9-11)10-23-17-21-20-16(24-17)19-15(22)13-5-7-14(18)8-6-13/h2-9H,10H2,1H3,(H,19,20,22). The van der Waals surface area contributed by atoms with E-state index in [-0.39, 0.29) is 5.91 Å². The summed E-state index contributed by atoms with van der Waals surface area (Å²) in [6.07, 6.45) is 0. The molecule has 0 atom stereocenters. The second-order valence-electron chi connectivity index (χ2n) is 5.11. The van der Waals surface area contributed by atoms with Crippen molar-refractivity contribution in [2.75, 3.05) is 5.32 Å². The van der Waals surface area contributed by atoms with Gasteiger partial charge in [-0.3, -0.25) is 10.1 Å². The zero-order chi connectivity index (χ0) is 16.9. The lowest BCUT2D eigenvalue weighted by Gasteiger charge is -2.01. The predicted octanol–water partition coefficient (Wildman–Crippen LogP) is 5.04. The van der Waals surface area contributed by atoms with Gasteiger partial charge in [0.15, 0.2) is 4.34 Å². The molecule has 0 aliphatic rings. The molecule has 0 spiro atoms. The molecule has 0 radical (unpaired) electrons. The fourth-order valence-electron chi connectivity index (χ4n) is 2.04. The average Bonchev–Trinajstić information content (AvgIpc) is 3.01. The molecule has 1 amide bonds. The van der Waals surface area contributed by atoms with Gasteiger partial charge in [-0.25, -0.2) is 0 Å². The zero-order valence-corrected chi connectivity index (χ0v) is 15.2. The summed E-state index contributed by atoms with van der Waals surface area (Å²) in [6.45, 7) is 2.07. The number of anilines is 1. The van der Waals surface area contributed by atoms with E-state index in [1.165, 1.54) is 22.5 Å². The summed E-state index contributed by atoms with van der Waals surface area (Å²) < 4.78 is 0.822.